The summed E-state index contributed by atoms with van der Waals surface area (Å²) in [5.41, 5.74) is 0.875. The molecule has 2 heterocycles. The Kier molecular flexibility index (Phi) is 2.98. The summed E-state index contributed by atoms with van der Waals surface area (Å²) in [7, 11) is 0. The lowest BCUT2D eigenvalue weighted by molar-refractivity contribution is -0.134. The van der Waals surface area contributed by atoms with Crippen LogP contribution in [0.1, 0.15) is 35.1 Å². The third kappa shape index (κ3) is 2.05. The lowest BCUT2D eigenvalue weighted by Gasteiger charge is -2.19. The van der Waals surface area contributed by atoms with Crippen molar-refractivity contribution >= 4 is 29.0 Å². The molecule has 1 aromatic carbocycles. The van der Waals surface area contributed by atoms with Gasteiger partial charge in [0.25, 0.3) is 0 Å². The summed E-state index contributed by atoms with van der Waals surface area (Å²) in [6.07, 6.45) is 1.27. The zero-order valence-electron chi connectivity index (χ0n) is 10.5. The van der Waals surface area contributed by atoms with Crippen molar-refractivity contribution in [1.82, 2.24) is 15.3 Å². The minimum Gasteiger partial charge on any atom is -0.296 e. The molecule has 0 bridgehead atoms. The lowest BCUT2D eigenvalue weighted by atomic mass is 9.97. The number of fused-ring (bicyclic) bond motifs is 1. The molecule has 0 spiro atoms. The summed E-state index contributed by atoms with van der Waals surface area (Å²) < 4.78 is 0. The van der Waals surface area contributed by atoms with Crippen LogP contribution in [-0.2, 0) is 9.59 Å². The highest BCUT2D eigenvalue weighted by molar-refractivity contribution is 6.01. The van der Waals surface area contributed by atoms with E-state index in [1.54, 1.807) is 24.3 Å². The molecule has 6 nitrogen and oxygen atoms in total. The van der Waals surface area contributed by atoms with Gasteiger partial charge < -0.3 is 0 Å². The molecule has 1 saturated heterocycles. The van der Waals surface area contributed by atoms with Crippen molar-refractivity contribution in [3.05, 3.63) is 35.8 Å². The predicted octanol–water partition coefficient (Wildman–Crippen LogP) is 0.962. The van der Waals surface area contributed by atoms with E-state index in [1.807, 2.05) is 0 Å². The highest BCUT2D eigenvalue weighted by Crippen LogP contribution is 2.24. The number of nitrogens with one attached hydrogen (secondary N) is 1. The van der Waals surface area contributed by atoms with E-state index in [2.05, 4.69) is 15.3 Å². The Morgan fingerprint density at radius 2 is 2.00 bits per heavy atom. The normalized spacial score (nSPS) is 18.9. The van der Waals surface area contributed by atoms with Crippen LogP contribution in [0.15, 0.2) is 24.3 Å². The lowest BCUT2D eigenvalue weighted by Crippen LogP contribution is -2.40. The smallest absolute Gasteiger partial charge is 0.237 e. The first kappa shape index (κ1) is 12.4. The number of para-hydroxylation sites is 1. The molecule has 0 saturated carbocycles. The van der Waals surface area contributed by atoms with E-state index in [9.17, 15) is 14.4 Å². The van der Waals surface area contributed by atoms with E-state index in [0.29, 0.717) is 23.6 Å². The Morgan fingerprint density at radius 3 is 2.75 bits per heavy atom. The molecule has 2 aromatic rings. The fourth-order valence-corrected chi connectivity index (χ4v) is 2.31. The van der Waals surface area contributed by atoms with Crippen molar-refractivity contribution in [3.8, 4) is 0 Å². The number of piperidine rings is 1. The van der Waals surface area contributed by atoms with Gasteiger partial charge in [-0.05, 0) is 12.5 Å². The number of benzene rings is 1. The van der Waals surface area contributed by atoms with Gasteiger partial charge in [-0.15, -0.1) is 0 Å². The van der Waals surface area contributed by atoms with Crippen LogP contribution in [-0.4, -0.2) is 28.1 Å². The first-order valence-corrected chi connectivity index (χ1v) is 6.24. The molecule has 100 valence electrons. The van der Waals surface area contributed by atoms with Gasteiger partial charge in [0.15, 0.2) is 6.29 Å². The average Bonchev–Trinajstić information content (AvgIpc) is 2.46. The molecule has 1 fully saturated rings. The Bertz CT molecular complexity index is 727. The Labute approximate surface area is 114 Å². The van der Waals surface area contributed by atoms with E-state index >= 15 is 0 Å². The first-order chi connectivity index (χ1) is 9.69. The summed E-state index contributed by atoms with van der Waals surface area (Å²) >= 11 is 0. The third-order valence-corrected chi connectivity index (χ3v) is 3.31. The van der Waals surface area contributed by atoms with Crippen molar-refractivity contribution in [1.29, 1.82) is 0 Å². The average molecular weight is 269 g/mol. The fraction of sp³-hybridized carbons (Fsp3) is 0.214. The van der Waals surface area contributed by atoms with Crippen LogP contribution in [0.2, 0.25) is 0 Å². The number of rotatable bonds is 2. The van der Waals surface area contributed by atoms with Gasteiger partial charge in [0.05, 0.1) is 11.4 Å². The molecule has 1 aliphatic heterocycles. The van der Waals surface area contributed by atoms with Gasteiger partial charge in [-0.25, -0.2) is 9.97 Å². The zero-order chi connectivity index (χ0) is 14.1. The number of carbonyl (C=O) groups excluding carboxylic acids is 3. The molecule has 3 rings (SSSR count). The fourth-order valence-electron chi connectivity index (χ4n) is 2.31. The third-order valence-electron chi connectivity index (χ3n) is 3.31. The van der Waals surface area contributed by atoms with Crippen molar-refractivity contribution in [2.24, 2.45) is 0 Å². The second-order valence-corrected chi connectivity index (χ2v) is 4.61. The van der Waals surface area contributed by atoms with Crippen LogP contribution in [0.4, 0.5) is 0 Å². The number of aldehydes is 1. The second kappa shape index (κ2) is 4.80. The van der Waals surface area contributed by atoms with Gasteiger partial charge in [-0.3, -0.25) is 19.7 Å². The van der Waals surface area contributed by atoms with Crippen molar-refractivity contribution in [2.75, 3.05) is 0 Å². The number of amides is 2. The standard InChI is InChI=1S/C14H11N3O3/c18-7-11-8-3-1-2-4-10(8)15-13(16-11)9-5-6-12(19)17-14(9)20/h1-4,7,9H,5-6H2,(H,17,19,20). The second-order valence-electron chi connectivity index (χ2n) is 4.61. The van der Waals surface area contributed by atoms with Gasteiger partial charge in [-0.2, -0.15) is 0 Å². The molecule has 1 aromatic heterocycles. The molecular weight excluding hydrogens is 258 g/mol. The molecule has 1 N–H and O–H groups in total. The molecular formula is C14H11N3O3. The van der Waals surface area contributed by atoms with E-state index < -0.39 is 11.8 Å². The summed E-state index contributed by atoms with van der Waals surface area (Å²) in [4.78, 5) is 42.6. The largest absolute Gasteiger partial charge is 0.296 e. The van der Waals surface area contributed by atoms with Crippen LogP contribution in [0.5, 0.6) is 0 Å². The maximum absolute atomic E-state index is 11.8. The molecule has 2 amide bonds. The minimum absolute atomic E-state index is 0.253. The quantitative estimate of drug-likeness (QED) is 0.648. The number of hydrogen-bond acceptors (Lipinski definition) is 5. The van der Waals surface area contributed by atoms with E-state index in [4.69, 9.17) is 0 Å². The summed E-state index contributed by atoms with van der Waals surface area (Å²) in [5, 5.41) is 2.92. The van der Waals surface area contributed by atoms with Crippen LogP contribution in [0, 0.1) is 0 Å². The summed E-state index contributed by atoms with van der Waals surface area (Å²) in [5.74, 6) is -0.997. The van der Waals surface area contributed by atoms with Gasteiger partial charge >= 0.3 is 0 Å². The molecule has 0 radical (unpaired) electrons. The number of carbonyl (C=O) groups is 3. The molecule has 1 unspecified atom stereocenters. The van der Waals surface area contributed by atoms with Gasteiger partial charge in [0, 0.05) is 11.8 Å². The maximum Gasteiger partial charge on any atom is 0.237 e. The van der Waals surface area contributed by atoms with Crippen LogP contribution >= 0.6 is 0 Å². The molecule has 0 aliphatic carbocycles. The van der Waals surface area contributed by atoms with Crippen molar-refractivity contribution in [2.45, 2.75) is 18.8 Å². The summed E-state index contributed by atoms with van der Waals surface area (Å²) in [6.45, 7) is 0. The van der Waals surface area contributed by atoms with Crippen LogP contribution in [0.25, 0.3) is 10.9 Å². The minimum atomic E-state index is -0.587. The van der Waals surface area contributed by atoms with Gasteiger partial charge in [0.2, 0.25) is 11.8 Å². The summed E-state index contributed by atoms with van der Waals surface area (Å²) in [6, 6.07) is 7.12. The van der Waals surface area contributed by atoms with E-state index in [-0.39, 0.29) is 23.8 Å². The Hall–Kier alpha value is -2.63. The first-order valence-electron chi connectivity index (χ1n) is 6.24. The Morgan fingerprint density at radius 1 is 1.20 bits per heavy atom. The predicted molar refractivity (Wildman–Crippen MR) is 70.1 cm³/mol. The highest BCUT2D eigenvalue weighted by Gasteiger charge is 2.30. The molecule has 1 atom stereocenters. The number of hydrogen-bond donors (Lipinski definition) is 1. The van der Waals surface area contributed by atoms with Gasteiger partial charge in [0.1, 0.15) is 11.5 Å². The van der Waals surface area contributed by atoms with Crippen LogP contribution < -0.4 is 5.32 Å². The molecule has 6 heteroatoms. The highest BCUT2D eigenvalue weighted by atomic mass is 16.2. The topological polar surface area (TPSA) is 89.0 Å². The zero-order valence-corrected chi connectivity index (χ0v) is 10.5. The SMILES string of the molecule is O=Cc1nc(C2CCC(=O)NC2=O)nc2ccccc12. The maximum atomic E-state index is 11.8. The van der Waals surface area contributed by atoms with E-state index in [1.165, 1.54) is 0 Å². The monoisotopic (exact) mass is 269 g/mol. The molecule has 20 heavy (non-hydrogen) atoms. The van der Waals surface area contributed by atoms with E-state index in [0.717, 1.165) is 0 Å². The van der Waals surface area contributed by atoms with Crippen LogP contribution in [0.3, 0.4) is 0 Å². The molecule has 1 aliphatic rings. The number of aromatic nitrogens is 2. The Balaban J connectivity index is 2.10. The number of nitrogens with zero attached hydrogens (tertiary/aromatic N) is 2. The van der Waals surface area contributed by atoms with Gasteiger partial charge in [-0.1, -0.05) is 18.2 Å². The van der Waals surface area contributed by atoms with Crippen molar-refractivity contribution in [3.63, 3.8) is 0 Å². The van der Waals surface area contributed by atoms with Crippen molar-refractivity contribution < 1.29 is 14.4 Å². The number of imide groups is 1.